The standard InChI is InChI=1S/C15H19NO3/c1-2-3-10-18-14(17)16-15-12-7-5-4-6-11(12)8-9-13(15)19-15/h4-7,13H,2-3,8-10H2,1H3,(H,16,17). The van der Waals surface area contributed by atoms with Crippen LogP contribution in [0.4, 0.5) is 4.79 Å². The van der Waals surface area contributed by atoms with E-state index in [1.807, 2.05) is 18.2 Å². The van der Waals surface area contributed by atoms with Gasteiger partial charge in [0.1, 0.15) is 6.10 Å². The predicted molar refractivity (Wildman–Crippen MR) is 70.7 cm³/mol. The first kappa shape index (κ1) is 12.5. The number of hydrogen-bond donors (Lipinski definition) is 1. The second-order valence-electron chi connectivity index (χ2n) is 5.15. The first-order valence-electron chi connectivity index (χ1n) is 6.97. The van der Waals surface area contributed by atoms with E-state index in [1.165, 1.54) is 5.56 Å². The number of carbonyl (C=O) groups excluding carboxylic acids is 1. The summed E-state index contributed by atoms with van der Waals surface area (Å²) in [5.41, 5.74) is 1.71. The van der Waals surface area contributed by atoms with Gasteiger partial charge in [0.2, 0.25) is 0 Å². The summed E-state index contributed by atoms with van der Waals surface area (Å²) in [6.45, 7) is 2.53. The van der Waals surface area contributed by atoms with Gasteiger partial charge < -0.3 is 9.47 Å². The highest BCUT2D eigenvalue weighted by Gasteiger charge is 2.61. The van der Waals surface area contributed by atoms with Crippen LogP contribution < -0.4 is 5.32 Å². The number of benzene rings is 1. The number of aryl methyl sites for hydroxylation is 1. The second kappa shape index (κ2) is 4.85. The van der Waals surface area contributed by atoms with E-state index in [2.05, 4.69) is 18.3 Å². The van der Waals surface area contributed by atoms with E-state index in [-0.39, 0.29) is 12.2 Å². The summed E-state index contributed by atoms with van der Waals surface area (Å²) >= 11 is 0. The quantitative estimate of drug-likeness (QED) is 0.669. The fourth-order valence-corrected chi connectivity index (χ4v) is 2.75. The molecule has 1 heterocycles. The van der Waals surface area contributed by atoms with Crippen molar-refractivity contribution in [3.63, 3.8) is 0 Å². The number of nitrogens with one attached hydrogen (secondary N) is 1. The summed E-state index contributed by atoms with van der Waals surface area (Å²) in [5, 5.41) is 2.90. The molecule has 0 spiro atoms. The van der Waals surface area contributed by atoms with Crippen LogP contribution in [0.5, 0.6) is 0 Å². The molecule has 1 fully saturated rings. The maximum absolute atomic E-state index is 11.8. The van der Waals surface area contributed by atoms with E-state index in [0.29, 0.717) is 6.61 Å². The lowest BCUT2D eigenvalue weighted by Crippen LogP contribution is -2.40. The zero-order valence-electron chi connectivity index (χ0n) is 11.1. The van der Waals surface area contributed by atoms with Gasteiger partial charge in [-0.1, -0.05) is 37.6 Å². The summed E-state index contributed by atoms with van der Waals surface area (Å²) in [5.74, 6) is 0. The zero-order valence-corrected chi connectivity index (χ0v) is 11.1. The minimum absolute atomic E-state index is 0.0983. The van der Waals surface area contributed by atoms with E-state index in [9.17, 15) is 4.79 Å². The van der Waals surface area contributed by atoms with Gasteiger partial charge in [-0.2, -0.15) is 0 Å². The molecule has 1 aromatic rings. The van der Waals surface area contributed by atoms with E-state index < -0.39 is 5.72 Å². The molecule has 1 aliphatic carbocycles. The smallest absolute Gasteiger partial charge is 0.409 e. The molecule has 3 rings (SSSR count). The van der Waals surface area contributed by atoms with Gasteiger partial charge in [-0.3, -0.25) is 5.32 Å². The SMILES string of the molecule is CCCCOC(=O)NC12OC1CCc1ccccc12. The number of amides is 1. The fraction of sp³-hybridized carbons (Fsp3) is 0.533. The number of fused-ring (bicyclic) bond motifs is 3. The van der Waals surface area contributed by atoms with Gasteiger partial charge >= 0.3 is 6.09 Å². The second-order valence-corrected chi connectivity index (χ2v) is 5.15. The molecule has 1 aliphatic heterocycles. The van der Waals surface area contributed by atoms with Crippen molar-refractivity contribution in [1.29, 1.82) is 0 Å². The Morgan fingerprint density at radius 1 is 1.53 bits per heavy atom. The van der Waals surface area contributed by atoms with Crippen molar-refractivity contribution in [2.75, 3.05) is 6.61 Å². The number of alkyl carbamates (subject to hydrolysis) is 1. The van der Waals surface area contributed by atoms with Crippen molar-refractivity contribution in [2.24, 2.45) is 0 Å². The van der Waals surface area contributed by atoms with Crippen molar-refractivity contribution < 1.29 is 14.3 Å². The Kier molecular flexibility index (Phi) is 3.19. The molecule has 4 nitrogen and oxygen atoms in total. The minimum Gasteiger partial charge on any atom is -0.449 e. The van der Waals surface area contributed by atoms with Gasteiger partial charge in [-0.25, -0.2) is 4.79 Å². The number of carbonyl (C=O) groups is 1. The lowest BCUT2D eigenvalue weighted by molar-refractivity contribution is 0.127. The largest absolute Gasteiger partial charge is 0.449 e. The topological polar surface area (TPSA) is 50.9 Å². The number of unbranched alkanes of at least 4 members (excludes halogenated alkanes) is 1. The zero-order chi connectivity index (χ0) is 13.3. The molecule has 1 saturated heterocycles. The van der Waals surface area contributed by atoms with Crippen LogP contribution >= 0.6 is 0 Å². The molecule has 1 amide bonds. The number of rotatable bonds is 4. The van der Waals surface area contributed by atoms with E-state index in [0.717, 1.165) is 31.2 Å². The monoisotopic (exact) mass is 261 g/mol. The third-order valence-corrected chi connectivity index (χ3v) is 3.84. The average Bonchev–Trinajstić information content (AvgIpc) is 3.13. The normalized spacial score (nSPS) is 27.1. The first-order chi connectivity index (χ1) is 9.26. The van der Waals surface area contributed by atoms with Crippen molar-refractivity contribution in [2.45, 2.75) is 44.4 Å². The molecule has 2 unspecified atom stereocenters. The predicted octanol–water partition coefficient (Wildman–Crippen LogP) is 2.71. The Balaban J connectivity index is 1.70. The minimum atomic E-state index is -0.627. The summed E-state index contributed by atoms with van der Waals surface area (Å²) < 4.78 is 10.9. The molecule has 2 atom stereocenters. The highest BCUT2D eigenvalue weighted by molar-refractivity contribution is 5.69. The van der Waals surface area contributed by atoms with E-state index >= 15 is 0 Å². The van der Waals surface area contributed by atoms with Crippen molar-refractivity contribution in [3.8, 4) is 0 Å². The first-order valence-corrected chi connectivity index (χ1v) is 6.97. The Hall–Kier alpha value is -1.55. The molecular formula is C15H19NO3. The summed E-state index contributed by atoms with van der Waals surface area (Å²) in [7, 11) is 0. The molecule has 0 aromatic heterocycles. The molecule has 1 N–H and O–H groups in total. The van der Waals surface area contributed by atoms with E-state index in [4.69, 9.17) is 9.47 Å². The van der Waals surface area contributed by atoms with Gasteiger partial charge in [0.05, 0.1) is 6.61 Å². The lowest BCUT2D eigenvalue weighted by atomic mass is 9.88. The molecule has 0 bridgehead atoms. The Bertz CT molecular complexity index is 488. The van der Waals surface area contributed by atoms with Crippen molar-refractivity contribution in [1.82, 2.24) is 5.32 Å². The maximum Gasteiger partial charge on any atom is 0.409 e. The Labute approximate surface area is 113 Å². The van der Waals surface area contributed by atoms with Gasteiger partial charge in [-0.05, 0) is 24.8 Å². The van der Waals surface area contributed by atoms with Crippen LogP contribution in [0.3, 0.4) is 0 Å². The Morgan fingerprint density at radius 3 is 3.21 bits per heavy atom. The maximum atomic E-state index is 11.8. The van der Waals surface area contributed by atoms with Crippen LogP contribution in [-0.4, -0.2) is 18.8 Å². The highest BCUT2D eigenvalue weighted by Crippen LogP contribution is 2.50. The van der Waals surface area contributed by atoms with Gasteiger partial charge in [-0.15, -0.1) is 0 Å². The van der Waals surface area contributed by atoms with Crippen LogP contribution in [-0.2, 0) is 21.6 Å². The van der Waals surface area contributed by atoms with Gasteiger partial charge in [0.25, 0.3) is 0 Å². The van der Waals surface area contributed by atoms with Crippen molar-refractivity contribution in [3.05, 3.63) is 35.4 Å². The van der Waals surface area contributed by atoms with Crippen LogP contribution in [0, 0.1) is 0 Å². The average molecular weight is 261 g/mol. The van der Waals surface area contributed by atoms with Crippen LogP contribution in [0.25, 0.3) is 0 Å². The van der Waals surface area contributed by atoms with Gasteiger partial charge in [0.15, 0.2) is 5.72 Å². The summed E-state index contributed by atoms with van der Waals surface area (Å²) in [4.78, 5) is 11.8. The van der Waals surface area contributed by atoms with E-state index in [1.54, 1.807) is 0 Å². The molecule has 102 valence electrons. The molecule has 4 heteroatoms. The van der Waals surface area contributed by atoms with Crippen molar-refractivity contribution >= 4 is 6.09 Å². The van der Waals surface area contributed by atoms with Gasteiger partial charge in [0, 0.05) is 5.56 Å². The molecule has 0 saturated carbocycles. The number of hydrogen-bond acceptors (Lipinski definition) is 3. The summed E-state index contributed by atoms with van der Waals surface area (Å²) in [6, 6.07) is 8.13. The highest BCUT2D eigenvalue weighted by atomic mass is 16.6. The molecule has 1 aromatic carbocycles. The molecule has 19 heavy (non-hydrogen) atoms. The van der Waals surface area contributed by atoms with Crippen LogP contribution in [0.15, 0.2) is 24.3 Å². The third-order valence-electron chi connectivity index (χ3n) is 3.84. The molecule has 2 aliphatic rings. The fourth-order valence-electron chi connectivity index (χ4n) is 2.75. The summed E-state index contributed by atoms with van der Waals surface area (Å²) in [6.07, 6.45) is 3.58. The number of epoxide rings is 1. The number of ether oxygens (including phenoxy) is 2. The lowest BCUT2D eigenvalue weighted by Gasteiger charge is -2.22. The molecule has 0 radical (unpaired) electrons. The van der Waals surface area contributed by atoms with Crippen LogP contribution in [0.1, 0.15) is 37.3 Å². The van der Waals surface area contributed by atoms with Crippen LogP contribution in [0.2, 0.25) is 0 Å². The Morgan fingerprint density at radius 2 is 2.37 bits per heavy atom. The molecular weight excluding hydrogens is 242 g/mol. The third kappa shape index (κ3) is 2.21.